The van der Waals surface area contributed by atoms with E-state index in [-0.39, 0.29) is 25.2 Å². The van der Waals surface area contributed by atoms with Gasteiger partial charge in [0.2, 0.25) is 6.29 Å². The smallest absolute Gasteiger partial charge is 0.453 e. The second kappa shape index (κ2) is 9.46. The maximum Gasteiger partial charge on any atom is 0.453 e. The topological polar surface area (TPSA) is 59.0 Å². The van der Waals surface area contributed by atoms with E-state index in [2.05, 4.69) is 0 Å². The van der Waals surface area contributed by atoms with E-state index in [1.54, 1.807) is 12.1 Å². The first-order chi connectivity index (χ1) is 15.0. The number of carbonyl (C=O) groups is 1. The van der Waals surface area contributed by atoms with Crippen molar-refractivity contribution in [2.75, 3.05) is 26.2 Å². The van der Waals surface area contributed by atoms with Gasteiger partial charge in [0.05, 0.1) is 18.4 Å². The molecule has 3 rings (SSSR count). The minimum atomic E-state index is -5.58. The summed E-state index contributed by atoms with van der Waals surface area (Å²) in [7, 11) is 0. The average molecular weight is 469 g/mol. The number of aliphatic carboxylic acids is 1. The summed E-state index contributed by atoms with van der Waals surface area (Å²) in [6.07, 6.45) is -7.25. The van der Waals surface area contributed by atoms with Crippen molar-refractivity contribution < 1.29 is 45.7 Å². The average Bonchev–Trinajstić information content (AvgIpc) is 3.01. The van der Waals surface area contributed by atoms with Gasteiger partial charge in [-0.2, -0.15) is 22.0 Å². The second-order valence-corrected chi connectivity index (χ2v) is 8.24. The van der Waals surface area contributed by atoms with Crippen LogP contribution in [0.3, 0.4) is 0 Å². The zero-order valence-electron chi connectivity index (χ0n) is 17.3. The Bertz CT molecular complexity index is 808. The number of carboxylic acid groups (broad SMARTS) is 1. The molecule has 0 aromatic heterocycles. The van der Waals surface area contributed by atoms with Crippen molar-refractivity contribution >= 4 is 5.97 Å². The van der Waals surface area contributed by atoms with Crippen LogP contribution in [0.2, 0.25) is 0 Å². The third-order valence-corrected chi connectivity index (χ3v) is 6.14. The highest BCUT2D eigenvalue weighted by molar-refractivity contribution is 5.66. The van der Waals surface area contributed by atoms with Crippen LogP contribution in [0.15, 0.2) is 18.2 Å². The molecule has 2 aliphatic heterocycles. The SMILES string of the molecule is O=C(O)CCN1CCC2(CC1)c1cccc(F)c1OC2OCCCCC(F)(F)C(F)(F)F. The first-order valence-corrected chi connectivity index (χ1v) is 10.4. The Labute approximate surface area is 181 Å². The van der Waals surface area contributed by atoms with Crippen LogP contribution in [0.5, 0.6) is 5.75 Å². The van der Waals surface area contributed by atoms with E-state index >= 15 is 0 Å². The molecule has 1 atom stereocenters. The van der Waals surface area contributed by atoms with Crippen LogP contribution in [-0.2, 0) is 14.9 Å². The van der Waals surface area contributed by atoms with E-state index in [4.69, 9.17) is 14.6 Å². The van der Waals surface area contributed by atoms with Gasteiger partial charge in [0.1, 0.15) is 0 Å². The largest absolute Gasteiger partial charge is 0.481 e. The monoisotopic (exact) mass is 469 g/mol. The maximum atomic E-state index is 14.3. The molecule has 0 bridgehead atoms. The van der Waals surface area contributed by atoms with Gasteiger partial charge in [-0.25, -0.2) is 4.39 Å². The molecule has 1 unspecified atom stereocenters. The van der Waals surface area contributed by atoms with Crippen molar-refractivity contribution in [2.45, 2.75) is 62.3 Å². The number of halogens is 6. The van der Waals surface area contributed by atoms with Gasteiger partial charge >= 0.3 is 18.1 Å². The fraction of sp³-hybridized carbons (Fsp3) is 0.667. The number of fused-ring (bicyclic) bond motifs is 2. The number of para-hydroxylation sites is 1. The van der Waals surface area contributed by atoms with E-state index in [1.165, 1.54) is 6.07 Å². The number of alkyl halides is 5. The molecule has 0 radical (unpaired) electrons. The van der Waals surface area contributed by atoms with Crippen LogP contribution in [0.1, 0.15) is 44.1 Å². The predicted octanol–water partition coefficient (Wildman–Crippen LogP) is 4.74. The van der Waals surface area contributed by atoms with Crippen LogP contribution < -0.4 is 4.74 Å². The zero-order chi connectivity index (χ0) is 23.6. The van der Waals surface area contributed by atoms with Crippen molar-refractivity contribution in [1.82, 2.24) is 4.90 Å². The van der Waals surface area contributed by atoms with Crippen molar-refractivity contribution in [3.63, 3.8) is 0 Å². The number of rotatable bonds is 9. The van der Waals surface area contributed by atoms with Crippen LogP contribution in [-0.4, -0.2) is 60.6 Å². The van der Waals surface area contributed by atoms with Gasteiger partial charge in [-0.3, -0.25) is 4.79 Å². The minimum Gasteiger partial charge on any atom is -0.481 e. The third-order valence-electron chi connectivity index (χ3n) is 6.14. The molecule has 0 amide bonds. The van der Waals surface area contributed by atoms with Gasteiger partial charge in [-0.15, -0.1) is 0 Å². The number of nitrogens with zero attached hydrogens (tertiary/aromatic N) is 1. The van der Waals surface area contributed by atoms with Crippen LogP contribution in [0.25, 0.3) is 0 Å². The predicted molar refractivity (Wildman–Crippen MR) is 101 cm³/mol. The Morgan fingerprint density at radius 1 is 1.19 bits per heavy atom. The Morgan fingerprint density at radius 3 is 2.50 bits per heavy atom. The molecule has 11 heteroatoms. The van der Waals surface area contributed by atoms with Crippen LogP contribution in [0.4, 0.5) is 26.3 Å². The summed E-state index contributed by atoms with van der Waals surface area (Å²) in [6, 6.07) is 4.53. The number of unbranched alkanes of at least 4 members (excludes halogenated alkanes) is 1. The fourth-order valence-corrected chi connectivity index (χ4v) is 4.28. The molecule has 32 heavy (non-hydrogen) atoms. The van der Waals surface area contributed by atoms with E-state index in [1.807, 2.05) is 4.90 Å². The lowest BCUT2D eigenvalue weighted by Gasteiger charge is -2.41. The summed E-state index contributed by atoms with van der Waals surface area (Å²) in [5, 5.41) is 8.87. The molecule has 1 fully saturated rings. The fourth-order valence-electron chi connectivity index (χ4n) is 4.28. The summed E-state index contributed by atoms with van der Waals surface area (Å²) in [5.74, 6) is -6.16. The molecular formula is C21H25F6NO4. The number of carboxylic acids is 1. The molecule has 2 aliphatic rings. The van der Waals surface area contributed by atoms with Gasteiger partial charge < -0.3 is 19.5 Å². The maximum absolute atomic E-state index is 14.3. The number of hydrogen-bond acceptors (Lipinski definition) is 4. The van der Waals surface area contributed by atoms with E-state index in [0.717, 1.165) is 0 Å². The molecule has 1 spiro atoms. The van der Waals surface area contributed by atoms with E-state index < -0.39 is 48.4 Å². The Hall–Kier alpha value is -2.01. The van der Waals surface area contributed by atoms with Gasteiger partial charge in [0, 0.05) is 18.5 Å². The lowest BCUT2D eigenvalue weighted by atomic mass is 9.73. The molecular weight excluding hydrogens is 444 g/mol. The lowest BCUT2D eigenvalue weighted by molar-refractivity contribution is -0.284. The van der Waals surface area contributed by atoms with Crippen molar-refractivity contribution in [3.8, 4) is 5.75 Å². The third kappa shape index (κ3) is 5.14. The highest BCUT2D eigenvalue weighted by atomic mass is 19.4. The van der Waals surface area contributed by atoms with Crippen LogP contribution >= 0.6 is 0 Å². The Balaban J connectivity index is 1.62. The number of benzene rings is 1. The summed E-state index contributed by atoms with van der Waals surface area (Å²) in [4.78, 5) is 12.8. The Morgan fingerprint density at radius 2 is 1.88 bits per heavy atom. The van der Waals surface area contributed by atoms with Crippen LogP contribution in [0, 0.1) is 5.82 Å². The number of likely N-dealkylation sites (tertiary alicyclic amines) is 1. The van der Waals surface area contributed by atoms with Crippen molar-refractivity contribution in [2.24, 2.45) is 0 Å². The van der Waals surface area contributed by atoms with Gasteiger partial charge in [-0.1, -0.05) is 12.1 Å². The van der Waals surface area contributed by atoms with Crippen molar-refractivity contribution in [3.05, 3.63) is 29.6 Å². The zero-order valence-corrected chi connectivity index (χ0v) is 17.3. The minimum absolute atomic E-state index is 0.00277. The molecule has 1 aromatic carbocycles. The molecule has 1 N–H and O–H groups in total. The number of hydrogen-bond donors (Lipinski definition) is 1. The molecule has 2 heterocycles. The summed E-state index contributed by atoms with van der Waals surface area (Å²) >= 11 is 0. The number of ether oxygens (including phenoxy) is 2. The molecule has 180 valence electrons. The van der Waals surface area contributed by atoms with Gasteiger partial charge in [0.15, 0.2) is 11.6 Å². The van der Waals surface area contributed by atoms with Gasteiger partial charge in [0.25, 0.3) is 0 Å². The molecule has 5 nitrogen and oxygen atoms in total. The Kier molecular flexibility index (Phi) is 7.28. The first-order valence-electron chi connectivity index (χ1n) is 10.4. The summed E-state index contributed by atoms with van der Waals surface area (Å²) < 4.78 is 88.7. The standard InChI is InChI=1S/C21H25F6NO4/c22-15-5-3-4-14-17(15)32-18(31-13-2-1-7-20(23,24)21(25,26)27)19(14)8-11-28(12-9-19)10-6-16(29)30/h3-5,18H,1-2,6-13H2,(H,29,30). The normalized spacial score (nSPS) is 20.9. The van der Waals surface area contributed by atoms with Gasteiger partial charge in [-0.05, 0) is 44.8 Å². The quantitative estimate of drug-likeness (QED) is 0.418. The van der Waals surface area contributed by atoms with Crippen molar-refractivity contribution in [1.29, 1.82) is 0 Å². The highest BCUT2D eigenvalue weighted by Gasteiger charge is 2.56. The molecule has 1 aromatic rings. The lowest BCUT2D eigenvalue weighted by Crippen LogP contribution is -2.49. The number of piperidine rings is 1. The second-order valence-electron chi connectivity index (χ2n) is 8.24. The first kappa shape index (κ1) is 24.6. The molecule has 1 saturated heterocycles. The van der Waals surface area contributed by atoms with E-state index in [0.29, 0.717) is 38.0 Å². The van der Waals surface area contributed by atoms with E-state index in [9.17, 15) is 31.1 Å². The summed E-state index contributed by atoms with van der Waals surface area (Å²) in [6.45, 7) is 1.33. The molecule has 0 saturated carbocycles. The summed E-state index contributed by atoms with van der Waals surface area (Å²) in [5.41, 5.74) is -0.0726. The highest BCUT2D eigenvalue weighted by Crippen LogP contribution is 2.50. The molecule has 0 aliphatic carbocycles.